The summed E-state index contributed by atoms with van der Waals surface area (Å²) in [4.78, 5) is 0. The molecular weight excluding hydrogens is 204 g/mol. The van der Waals surface area contributed by atoms with Gasteiger partial charge in [-0.05, 0) is 48.3 Å². The van der Waals surface area contributed by atoms with E-state index in [2.05, 4.69) is 56.0 Å². The molecule has 1 aromatic carbocycles. The average molecular weight is 222 g/mol. The first-order valence-electron chi connectivity index (χ1n) is 6.36. The number of fused-ring (bicyclic) bond motifs is 1. The molecule has 0 spiro atoms. The minimum absolute atomic E-state index is 0.784. The molecule has 0 N–H and O–H groups in total. The Morgan fingerprint density at radius 2 is 2.06 bits per heavy atom. The summed E-state index contributed by atoms with van der Waals surface area (Å²) in [6, 6.07) is 10.8. The van der Waals surface area contributed by atoms with Gasteiger partial charge < -0.3 is 0 Å². The van der Waals surface area contributed by atoms with Crippen LogP contribution in [0.3, 0.4) is 0 Å². The van der Waals surface area contributed by atoms with E-state index in [9.17, 15) is 0 Å². The molecule has 1 fully saturated rings. The molecule has 1 saturated carbocycles. The van der Waals surface area contributed by atoms with Crippen molar-refractivity contribution in [3.8, 4) is 0 Å². The Morgan fingerprint density at radius 3 is 2.76 bits per heavy atom. The van der Waals surface area contributed by atoms with Crippen LogP contribution < -0.4 is 0 Å². The zero-order valence-corrected chi connectivity index (χ0v) is 10.3. The number of allylic oxidation sites excluding steroid dienone is 5. The lowest BCUT2D eigenvalue weighted by Gasteiger charge is -2.14. The highest BCUT2D eigenvalue weighted by Gasteiger charge is 2.40. The zero-order valence-electron chi connectivity index (χ0n) is 10.3. The van der Waals surface area contributed by atoms with Crippen molar-refractivity contribution >= 4 is 5.57 Å². The predicted molar refractivity (Wildman–Crippen MR) is 73.5 cm³/mol. The van der Waals surface area contributed by atoms with E-state index in [-0.39, 0.29) is 0 Å². The molecule has 0 radical (unpaired) electrons. The Labute approximate surface area is 103 Å². The topological polar surface area (TPSA) is 0 Å². The predicted octanol–water partition coefficient (Wildman–Crippen LogP) is 4.61. The lowest BCUT2D eigenvalue weighted by atomic mass is 9.91. The summed E-state index contributed by atoms with van der Waals surface area (Å²) in [6.45, 7) is 6.12. The van der Waals surface area contributed by atoms with Gasteiger partial charge in [-0.15, -0.1) is 0 Å². The Bertz CT molecular complexity index is 502. The molecule has 0 amide bonds. The summed E-state index contributed by atoms with van der Waals surface area (Å²) in [5.74, 6) is 1.58. The monoisotopic (exact) mass is 222 g/mol. The number of rotatable bonds is 3. The van der Waals surface area contributed by atoms with Gasteiger partial charge in [-0.2, -0.15) is 0 Å². The van der Waals surface area contributed by atoms with Crippen LogP contribution in [-0.2, 0) is 0 Å². The van der Waals surface area contributed by atoms with Crippen LogP contribution in [0.2, 0.25) is 0 Å². The molecule has 2 atom stereocenters. The molecular formula is C17H18. The van der Waals surface area contributed by atoms with Crippen LogP contribution >= 0.6 is 0 Å². The van der Waals surface area contributed by atoms with Gasteiger partial charge in [-0.1, -0.05) is 54.6 Å². The maximum Gasteiger partial charge on any atom is -0.00755 e. The lowest BCUT2D eigenvalue weighted by Crippen LogP contribution is -1.96. The van der Waals surface area contributed by atoms with Gasteiger partial charge >= 0.3 is 0 Å². The Hall–Kier alpha value is -1.56. The summed E-state index contributed by atoms with van der Waals surface area (Å²) >= 11 is 0. The van der Waals surface area contributed by atoms with Crippen LogP contribution in [0.4, 0.5) is 0 Å². The van der Waals surface area contributed by atoms with E-state index in [1.165, 1.54) is 28.7 Å². The summed E-state index contributed by atoms with van der Waals surface area (Å²) in [5.41, 5.74) is 5.63. The fourth-order valence-corrected chi connectivity index (χ4v) is 2.77. The van der Waals surface area contributed by atoms with E-state index < -0.39 is 0 Å². The molecule has 0 heteroatoms. The summed E-state index contributed by atoms with van der Waals surface area (Å²) in [5, 5.41) is 0. The third-order valence-corrected chi connectivity index (χ3v) is 3.62. The van der Waals surface area contributed by atoms with Gasteiger partial charge in [0.05, 0.1) is 0 Å². The second-order valence-corrected chi connectivity index (χ2v) is 5.35. The first-order valence-corrected chi connectivity index (χ1v) is 6.36. The van der Waals surface area contributed by atoms with Gasteiger partial charge in [-0.3, -0.25) is 0 Å². The molecule has 86 valence electrons. The van der Waals surface area contributed by atoms with Crippen molar-refractivity contribution in [3.05, 3.63) is 65.8 Å². The minimum Gasteiger partial charge on any atom is -0.0998 e. The van der Waals surface area contributed by atoms with Gasteiger partial charge in [0.25, 0.3) is 0 Å². The van der Waals surface area contributed by atoms with Crippen LogP contribution in [-0.4, -0.2) is 0 Å². The van der Waals surface area contributed by atoms with Crippen LogP contribution in [0.15, 0.2) is 60.2 Å². The second-order valence-electron chi connectivity index (χ2n) is 5.35. The SMILES string of the molecule is C=C(C)CC1=CC2CC2C(c2ccccc2)=C1. The van der Waals surface area contributed by atoms with Crippen LogP contribution in [0.25, 0.3) is 5.57 Å². The molecule has 0 heterocycles. The van der Waals surface area contributed by atoms with Crippen molar-refractivity contribution in [2.45, 2.75) is 19.8 Å². The molecule has 0 aromatic heterocycles. The average Bonchev–Trinajstić information content (AvgIpc) is 3.07. The number of hydrogen-bond donors (Lipinski definition) is 0. The van der Waals surface area contributed by atoms with E-state index in [4.69, 9.17) is 0 Å². The van der Waals surface area contributed by atoms with Crippen molar-refractivity contribution in [3.63, 3.8) is 0 Å². The van der Waals surface area contributed by atoms with E-state index in [1.807, 2.05) is 0 Å². The normalized spacial score (nSPS) is 25.7. The quantitative estimate of drug-likeness (QED) is 0.655. The second kappa shape index (κ2) is 4.03. The van der Waals surface area contributed by atoms with Crippen molar-refractivity contribution in [2.24, 2.45) is 11.8 Å². The Morgan fingerprint density at radius 1 is 1.29 bits per heavy atom. The highest BCUT2D eigenvalue weighted by Crippen LogP contribution is 2.52. The van der Waals surface area contributed by atoms with Crippen LogP contribution in [0, 0.1) is 11.8 Å². The number of hydrogen-bond acceptors (Lipinski definition) is 0. The maximum atomic E-state index is 4.02. The highest BCUT2D eigenvalue weighted by atomic mass is 14.4. The molecule has 0 aliphatic heterocycles. The van der Waals surface area contributed by atoms with Gasteiger partial charge in [0.1, 0.15) is 0 Å². The van der Waals surface area contributed by atoms with Crippen molar-refractivity contribution in [1.82, 2.24) is 0 Å². The van der Waals surface area contributed by atoms with E-state index in [1.54, 1.807) is 0 Å². The molecule has 0 nitrogen and oxygen atoms in total. The first kappa shape index (κ1) is 10.6. The smallest absolute Gasteiger partial charge is 0.00755 e. The highest BCUT2D eigenvalue weighted by molar-refractivity contribution is 5.74. The molecule has 2 aliphatic rings. The fourth-order valence-electron chi connectivity index (χ4n) is 2.77. The third kappa shape index (κ3) is 2.12. The minimum atomic E-state index is 0.784. The summed E-state index contributed by atoms with van der Waals surface area (Å²) < 4.78 is 0. The first-order chi connectivity index (χ1) is 8.24. The summed E-state index contributed by atoms with van der Waals surface area (Å²) in [7, 11) is 0. The fraction of sp³-hybridized carbons (Fsp3) is 0.294. The van der Waals surface area contributed by atoms with Gasteiger partial charge in [0, 0.05) is 0 Å². The molecule has 1 aromatic rings. The van der Waals surface area contributed by atoms with E-state index >= 15 is 0 Å². The maximum absolute atomic E-state index is 4.02. The molecule has 2 aliphatic carbocycles. The van der Waals surface area contributed by atoms with Crippen molar-refractivity contribution in [1.29, 1.82) is 0 Å². The van der Waals surface area contributed by atoms with Crippen molar-refractivity contribution < 1.29 is 0 Å². The zero-order chi connectivity index (χ0) is 11.8. The van der Waals surface area contributed by atoms with Crippen LogP contribution in [0.1, 0.15) is 25.3 Å². The standard InChI is InChI=1S/C17H18/c1-12(2)8-13-9-15-11-17(15)16(10-13)14-6-4-3-5-7-14/h3-7,9-10,15,17H,1,8,11H2,2H3. The molecule has 0 saturated heterocycles. The third-order valence-electron chi connectivity index (χ3n) is 3.62. The van der Waals surface area contributed by atoms with Gasteiger partial charge in [-0.25, -0.2) is 0 Å². The van der Waals surface area contributed by atoms with E-state index in [0.717, 1.165) is 18.3 Å². The summed E-state index contributed by atoms with van der Waals surface area (Å²) in [6.07, 6.45) is 7.20. The lowest BCUT2D eigenvalue weighted by molar-refractivity contribution is 0.962. The van der Waals surface area contributed by atoms with Gasteiger partial charge in [0.2, 0.25) is 0 Å². The van der Waals surface area contributed by atoms with Gasteiger partial charge in [0.15, 0.2) is 0 Å². The van der Waals surface area contributed by atoms with Crippen LogP contribution in [0.5, 0.6) is 0 Å². The molecule has 17 heavy (non-hydrogen) atoms. The molecule has 2 unspecified atom stereocenters. The molecule has 3 rings (SSSR count). The Kier molecular flexibility index (Phi) is 2.51. The Balaban J connectivity index is 1.92. The number of benzene rings is 1. The van der Waals surface area contributed by atoms with Crippen molar-refractivity contribution in [2.75, 3.05) is 0 Å². The molecule has 0 bridgehead atoms. The largest absolute Gasteiger partial charge is 0.0998 e. The van der Waals surface area contributed by atoms with E-state index in [0.29, 0.717) is 0 Å².